The van der Waals surface area contributed by atoms with Gasteiger partial charge in [0.15, 0.2) is 5.58 Å². The fourth-order valence-corrected chi connectivity index (χ4v) is 1.34. The molecule has 2 aromatic rings. The number of benzene rings is 1. The van der Waals surface area contributed by atoms with Gasteiger partial charge in [-0.3, -0.25) is 0 Å². The fourth-order valence-electron chi connectivity index (χ4n) is 1.23. The summed E-state index contributed by atoms with van der Waals surface area (Å²) in [4.78, 5) is 4.31. The maximum atomic E-state index is 5.52. The third-order valence-corrected chi connectivity index (χ3v) is 2.14. The molecule has 2 rings (SSSR count). The van der Waals surface area contributed by atoms with Crippen molar-refractivity contribution in [1.82, 2.24) is 4.98 Å². The van der Waals surface area contributed by atoms with E-state index in [9.17, 15) is 0 Å². The van der Waals surface area contributed by atoms with Gasteiger partial charge in [0.1, 0.15) is 5.52 Å². The molecular formula is C10H12KNOS. The quantitative estimate of drug-likeness (QED) is 0.564. The van der Waals surface area contributed by atoms with Crippen LogP contribution >= 0.6 is 12.6 Å². The number of thiol groups is 1. The second kappa shape index (κ2) is 5.14. The van der Waals surface area contributed by atoms with E-state index in [2.05, 4.69) is 17.6 Å². The van der Waals surface area contributed by atoms with Gasteiger partial charge >= 0.3 is 51.4 Å². The fraction of sp³-hybridized carbons (Fsp3) is 0.300. The topological polar surface area (TPSA) is 26.0 Å². The number of nitrogens with zero attached hydrogens (tertiary/aromatic N) is 1. The average Bonchev–Trinajstić information content (AvgIpc) is 2.46. The summed E-state index contributed by atoms with van der Waals surface area (Å²) in [6, 6.07) is 5.98. The van der Waals surface area contributed by atoms with Gasteiger partial charge in [-0.2, -0.15) is 12.6 Å². The first kappa shape index (κ1) is 12.7. The smallest absolute Gasteiger partial charge is 1.00 e. The summed E-state index contributed by atoms with van der Waals surface area (Å²) in [5, 5.41) is 0.0488. The van der Waals surface area contributed by atoms with Crippen LogP contribution in [0.4, 0.5) is 0 Å². The first-order valence-electron chi connectivity index (χ1n) is 4.22. The van der Waals surface area contributed by atoms with Gasteiger partial charge in [-0.15, -0.1) is 0 Å². The van der Waals surface area contributed by atoms with Crippen molar-refractivity contribution < 1.29 is 57.2 Å². The molecule has 1 aromatic carbocycles. The van der Waals surface area contributed by atoms with E-state index in [4.69, 9.17) is 4.42 Å². The standard InChI is InChI=1S/C10H11NOS.K.H/c1-6-3-4-8-9(5-6)12-10(11-8)7(2)13;;/h3-5,7,13H,1-2H3;;/q;+1;-1. The van der Waals surface area contributed by atoms with Gasteiger partial charge in [0.25, 0.3) is 0 Å². The zero-order chi connectivity index (χ0) is 9.42. The Morgan fingerprint density at radius 2 is 2.21 bits per heavy atom. The van der Waals surface area contributed by atoms with Crippen molar-refractivity contribution in [2.75, 3.05) is 0 Å². The Labute approximate surface area is 133 Å². The van der Waals surface area contributed by atoms with Crippen LogP contribution in [0.1, 0.15) is 25.1 Å². The van der Waals surface area contributed by atoms with Gasteiger partial charge in [-0.25, -0.2) is 4.98 Å². The SMILES string of the molecule is Cc1ccc2nc(C(C)S)oc2c1.[H-].[K+]. The number of aryl methyl sites for hydroxylation is 1. The number of hydrogen-bond acceptors (Lipinski definition) is 3. The molecule has 0 spiro atoms. The van der Waals surface area contributed by atoms with E-state index in [0.29, 0.717) is 5.89 Å². The zero-order valence-electron chi connectivity index (χ0n) is 9.61. The van der Waals surface area contributed by atoms with Crippen LogP contribution in [0.3, 0.4) is 0 Å². The van der Waals surface area contributed by atoms with Crippen molar-refractivity contribution in [3.05, 3.63) is 29.7 Å². The molecule has 2 nitrogen and oxygen atoms in total. The summed E-state index contributed by atoms with van der Waals surface area (Å²) in [5.41, 5.74) is 2.93. The van der Waals surface area contributed by atoms with Crippen molar-refractivity contribution in [1.29, 1.82) is 0 Å². The minimum absolute atomic E-state index is 0. The average molecular weight is 233 g/mol. The summed E-state index contributed by atoms with van der Waals surface area (Å²) in [7, 11) is 0. The van der Waals surface area contributed by atoms with E-state index in [1.807, 2.05) is 32.0 Å². The second-order valence-corrected chi connectivity index (χ2v) is 3.97. The third-order valence-electron chi connectivity index (χ3n) is 1.92. The zero-order valence-corrected chi connectivity index (χ0v) is 12.6. The van der Waals surface area contributed by atoms with Crippen molar-refractivity contribution in [2.24, 2.45) is 0 Å². The van der Waals surface area contributed by atoms with Gasteiger partial charge < -0.3 is 5.84 Å². The van der Waals surface area contributed by atoms with E-state index in [1.165, 1.54) is 5.56 Å². The largest absolute Gasteiger partial charge is 1.00 e. The van der Waals surface area contributed by atoms with Crippen LogP contribution in [0, 0.1) is 6.92 Å². The molecule has 1 atom stereocenters. The third kappa shape index (κ3) is 2.62. The van der Waals surface area contributed by atoms with E-state index >= 15 is 0 Å². The van der Waals surface area contributed by atoms with Crippen molar-refractivity contribution in [2.45, 2.75) is 19.1 Å². The maximum absolute atomic E-state index is 5.52. The normalized spacial score (nSPS) is 12.5. The molecule has 0 saturated heterocycles. The monoisotopic (exact) mass is 233 g/mol. The molecule has 1 heterocycles. The minimum atomic E-state index is 0. The van der Waals surface area contributed by atoms with Crippen LogP contribution in [0.5, 0.6) is 0 Å². The van der Waals surface area contributed by atoms with Crippen LogP contribution in [-0.4, -0.2) is 4.98 Å². The molecular weight excluding hydrogens is 221 g/mol. The first-order chi connectivity index (χ1) is 6.16. The summed E-state index contributed by atoms with van der Waals surface area (Å²) in [6.45, 7) is 3.98. The number of aromatic nitrogens is 1. The van der Waals surface area contributed by atoms with Gasteiger partial charge in [0.05, 0.1) is 5.25 Å². The molecule has 0 amide bonds. The molecule has 0 bridgehead atoms. The van der Waals surface area contributed by atoms with Crippen LogP contribution in [-0.2, 0) is 0 Å². The molecule has 0 aliphatic rings. The Hall–Kier alpha value is 0.676. The number of oxazole rings is 1. The van der Waals surface area contributed by atoms with Crippen molar-refractivity contribution in [3.8, 4) is 0 Å². The van der Waals surface area contributed by atoms with E-state index in [0.717, 1.165) is 11.1 Å². The Bertz CT molecular complexity index is 444. The summed E-state index contributed by atoms with van der Waals surface area (Å²) >= 11 is 4.27. The van der Waals surface area contributed by atoms with E-state index in [-0.39, 0.29) is 58.1 Å². The van der Waals surface area contributed by atoms with Crippen molar-refractivity contribution in [3.63, 3.8) is 0 Å². The second-order valence-electron chi connectivity index (χ2n) is 3.20. The number of fused-ring (bicyclic) bond motifs is 1. The Morgan fingerprint density at radius 3 is 2.86 bits per heavy atom. The number of rotatable bonds is 1. The van der Waals surface area contributed by atoms with Crippen molar-refractivity contribution >= 4 is 23.7 Å². The van der Waals surface area contributed by atoms with Crippen LogP contribution < -0.4 is 51.4 Å². The summed E-state index contributed by atoms with van der Waals surface area (Å²) in [5.74, 6) is 0.684. The van der Waals surface area contributed by atoms with Gasteiger partial charge in [-0.1, -0.05) is 6.07 Å². The predicted octanol–water partition coefficient (Wildman–Crippen LogP) is 0.244. The van der Waals surface area contributed by atoms with Crippen LogP contribution in [0.15, 0.2) is 22.6 Å². The van der Waals surface area contributed by atoms with Crippen LogP contribution in [0.25, 0.3) is 11.1 Å². The maximum Gasteiger partial charge on any atom is 1.00 e. The van der Waals surface area contributed by atoms with Gasteiger partial charge in [0.2, 0.25) is 5.89 Å². The molecule has 1 aromatic heterocycles. The molecule has 1 unspecified atom stereocenters. The molecule has 0 N–H and O–H groups in total. The minimum Gasteiger partial charge on any atom is -1.00 e. The summed E-state index contributed by atoms with van der Waals surface area (Å²) in [6.07, 6.45) is 0. The molecule has 0 aliphatic carbocycles. The van der Waals surface area contributed by atoms with E-state index < -0.39 is 0 Å². The van der Waals surface area contributed by atoms with Crippen LogP contribution in [0.2, 0.25) is 0 Å². The van der Waals surface area contributed by atoms with E-state index in [1.54, 1.807) is 0 Å². The van der Waals surface area contributed by atoms with Gasteiger partial charge in [-0.05, 0) is 31.5 Å². The molecule has 4 heteroatoms. The molecule has 0 radical (unpaired) electrons. The summed E-state index contributed by atoms with van der Waals surface area (Å²) < 4.78 is 5.52. The Balaban J connectivity index is 0.000000980. The molecule has 0 aliphatic heterocycles. The van der Waals surface area contributed by atoms with Gasteiger partial charge in [0, 0.05) is 0 Å². The predicted molar refractivity (Wildman–Crippen MR) is 57.3 cm³/mol. The molecule has 14 heavy (non-hydrogen) atoms. The Morgan fingerprint density at radius 1 is 1.50 bits per heavy atom. The molecule has 70 valence electrons. The molecule has 0 fully saturated rings. The Kier molecular flexibility index (Phi) is 4.68. The molecule has 0 saturated carbocycles. The first-order valence-corrected chi connectivity index (χ1v) is 4.73. The number of hydrogen-bond donors (Lipinski definition) is 1.